The molecule has 0 aromatic heterocycles. The molecule has 2 N–H and O–H groups in total. The lowest BCUT2D eigenvalue weighted by molar-refractivity contribution is -0.142. The fourth-order valence-electron chi connectivity index (χ4n) is 5.00. The van der Waals surface area contributed by atoms with Crippen molar-refractivity contribution in [1.29, 1.82) is 0 Å². The summed E-state index contributed by atoms with van der Waals surface area (Å²) >= 11 is 0. The number of carboxylic acids is 1. The van der Waals surface area contributed by atoms with E-state index in [4.69, 9.17) is 19.3 Å². The topological polar surface area (TPSA) is 114 Å². The number of nitrogens with zero attached hydrogens (tertiary/aromatic N) is 1. The van der Waals surface area contributed by atoms with Gasteiger partial charge in [-0.3, -0.25) is 0 Å². The number of hydrogen-bond donors (Lipinski definition) is 2. The lowest BCUT2D eigenvalue weighted by atomic mass is 9.97. The maximum absolute atomic E-state index is 12.6. The summed E-state index contributed by atoms with van der Waals surface area (Å²) in [5.41, 5.74) is 3.95. The summed E-state index contributed by atoms with van der Waals surface area (Å²) in [7, 11) is 0. The van der Waals surface area contributed by atoms with Crippen molar-refractivity contribution in [3.63, 3.8) is 0 Å². The van der Waals surface area contributed by atoms with Gasteiger partial charge in [0.1, 0.15) is 18.8 Å². The Hall–Kier alpha value is -3.59. The molecule has 1 saturated heterocycles. The molecule has 2 amide bonds. The third-order valence-electron chi connectivity index (χ3n) is 6.64. The lowest BCUT2D eigenvalue weighted by Gasteiger charge is -2.24. The minimum absolute atomic E-state index is 0.0375. The minimum atomic E-state index is -1.06. The molecule has 0 radical (unpaired) electrons. The smallest absolute Gasteiger partial charge is 0.410 e. The molecule has 2 aliphatic rings. The van der Waals surface area contributed by atoms with Crippen molar-refractivity contribution in [1.82, 2.24) is 10.2 Å². The average Bonchev–Trinajstić information content (AvgIpc) is 3.39. The second kappa shape index (κ2) is 11.2. The van der Waals surface area contributed by atoms with Crippen LogP contribution < -0.4 is 5.32 Å². The number of nitrogens with one attached hydrogen (secondary N) is 1. The SMILES string of the molecule is CC(C)(C)OC(=O)N1C[C@H](CNC(=O)OCC2c3ccccc3-c3ccccc32)[C@@H](COCC(=O)O)C1. The first-order valence-corrected chi connectivity index (χ1v) is 12.5. The molecule has 198 valence electrons. The van der Waals surface area contributed by atoms with Crippen LogP contribution in [0.1, 0.15) is 37.8 Å². The lowest BCUT2D eigenvalue weighted by Crippen LogP contribution is -2.37. The highest BCUT2D eigenvalue weighted by atomic mass is 16.6. The van der Waals surface area contributed by atoms with Gasteiger partial charge in [-0.05, 0) is 43.0 Å². The molecular formula is C28H34N2O7. The van der Waals surface area contributed by atoms with Crippen molar-refractivity contribution < 1.29 is 33.7 Å². The number of amides is 2. The van der Waals surface area contributed by atoms with E-state index in [0.717, 1.165) is 22.3 Å². The first-order valence-electron chi connectivity index (χ1n) is 12.5. The Morgan fingerprint density at radius 1 is 0.946 bits per heavy atom. The summed E-state index contributed by atoms with van der Waals surface area (Å²) in [6.45, 7) is 6.31. The summed E-state index contributed by atoms with van der Waals surface area (Å²) in [5, 5.41) is 11.7. The van der Waals surface area contributed by atoms with Crippen molar-refractivity contribution >= 4 is 18.2 Å². The Balaban J connectivity index is 1.34. The Kier molecular flexibility index (Phi) is 8.02. The van der Waals surface area contributed by atoms with E-state index in [2.05, 4.69) is 29.6 Å². The summed E-state index contributed by atoms with van der Waals surface area (Å²) < 4.78 is 16.4. The Morgan fingerprint density at radius 2 is 1.54 bits per heavy atom. The van der Waals surface area contributed by atoms with Crippen LogP contribution in [0.2, 0.25) is 0 Å². The number of likely N-dealkylation sites (tertiary alicyclic amines) is 1. The molecule has 2 atom stereocenters. The van der Waals surface area contributed by atoms with E-state index in [1.54, 1.807) is 25.7 Å². The van der Waals surface area contributed by atoms with Crippen molar-refractivity contribution in [3.8, 4) is 11.1 Å². The second-order valence-corrected chi connectivity index (χ2v) is 10.5. The number of carboxylic acid groups (broad SMARTS) is 1. The van der Waals surface area contributed by atoms with E-state index in [1.807, 2.05) is 24.3 Å². The summed E-state index contributed by atoms with van der Waals surface area (Å²) in [4.78, 5) is 37.7. The van der Waals surface area contributed by atoms with E-state index in [1.165, 1.54) is 0 Å². The molecule has 0 spiro atoms. The number of benzene rings is 2. The summed E-state index contributed by atoms with van der Waals surface area (Å²) in [5.74, 6) is -1.39. The van der Waals surface area contributed by atoms with Crippen LogP contribution in [0.25, 0.3) is 11.1 Å². The van der Waals surface area contributed by atoms with Crippen LogP contribution in [-0.2, 0) is 19.0 Å². The highest BCUT2D eigenvalue weighted by Crippen LogP contribution is 2.44. The first-order chi connectivity index (χ1) is 17.6. The van der Waals surface area contributed by atoms with E-state index >= 15 is 0 Å². The molecule has 1 fully saturated rings. The van der Waals surface area contributed by atoms with Gasteiger partial charge in [0.05, 0.1) is 6.61 Å². The average molecular weight is 511 g/mol. The fourth-order valence-corrected chi connectivity index (χ4v) is 5.00. The highest BCUT2D eigenvalue weighted by molar-refractivity contribution is 5.79. The molecule has 0 saturated carbocycles. The van der Waals surface area contributed by atoms with Gasteiger partial charge in [0, 0.05) is 37.4 Å². The monoisotopic (exact) mass is 510 g/mol. The number of rotatable bonds is 8. The summed E-state index contributed by atoms with van der Waals surface area (Å²) in [6, 6.07) is 16.3. The number of fused-ring (bicyclic) bond motifs is 3. The molecular weight excluding hydrogens is 476 g/mol. The largest absolute Gasteiger partial charge is 0.480 e. The zero-order chi connectivity index (χ0) is 26.6. The zero-order valence-electron chi connectivity index (χ0n) is 21.4. The Bertz CT molecular complexity index is 1100. The first kappa shape index (κ1) is 26.5. The van der Waals surface area contributed by atoms with E-state index in [0.29, 0.717) is 13.1 Å². The molecule has 1 aliphatic heterocycles. The number of alkyl carbamates (subject to hydrolysis) is 1. The quantitative estimate of drug-likeness (QED) is 0.549. The van der Waals surface area contributed by atoms with Crippen LogP contribution in [0.3, 0.4) is 0 Å². The number of carbonyl (C=O) groups is 3. The van der Waals surface area contributed by atoms with Crippen LogP contribution in [0, 0.1) is 11.8 Å². The van der Waals surface area contributed by atoms with Gasteiger partial charge in [-0.2, -0.15) is 0 Å². The van der Waals surface area contributed by atoms with Gasteiger partial charge in [0.2, 0.25) is 0 Å². The van der Waals surface area contributed by atoms with Crippen LogP contribution in [0.4, 0.5) is 9.59 Å². The molecule has 0 unspecified atom stereocenters. The van der Waals surface area contributed by atoms with Gasteiger partial charge in [-0.1, -0.05) is 48.5 Å². The van der Waals surface area contributed by atoms with E-state index in [-0.39, 0.29) is 37.5 Å². The molecule has 4 rings (SSSR count). The molecule has 37 heavy (non-hydrogen) atoms. The third kappa shape index (κ3) is 6.60. The normalized spacial score (nSPS) is 18.7. The molecule has 9 heteroatoms. The van der Waals surface area contributed by atoms with Gasteiger partial charge in [0.25, 0.3) is 0 Å². The fraction of sp³-hybridized carbons (Fsp3) is 0.464. The van der Waals surface area contributed by atoms with Crippen molar-refractivity contribution in [2.75, 3.05) is 39.5 Å². The van der Waals surface area contributed by atoms with E-state index in [9.17, 15) is 14.4 Å². The van der Waals surface area contributed by atoms with Crippen LogP contribution in [0.5, 0.6) is 0 Å². The predicted molar refractivity (Wildman–Crippen MR) is 136 cm³/mol. The molecule has 1 heterocycles. The summed E-state index contributed by atoms with van der Waals surface area (Å²) in [6.07, 6.45) is -0.984. The second-order valence-electron chi connectivity index (χ2n) is 10.5. The molecule has 1 aliphatic carbocycles. The highest BCUT2D eigenvalue weighted by Gasteiger charge is 2.37. The van der Waals surface area contributed by atoms with Gasteiger partial charge in [-0.25, -0.2) is 14.4 Å². The predicted octanol–water partition coefficient (Wildman–Crippen LogP) is 4.11. The molecule has 9 nitrogen and oxygen atoms in total. The number of carbonyl (C=O) groups excluding carboxylic acids is 2. The number of hydrogen-bond acceptors (Lipinski definition) is 6. The van der Waals surface area contributed by atoms with Crippen molar-refractivity contribution in [2.24, 2.45) is 11.8 Å². The third-order valence-corrected chi connectivity index (χ3v) is 6.64. The van der Waals surface area contributed by atoms with Gasteiger partial charge in [-0.15, -0.1) is 0 Å². The Morgan fingerprint density at radius 3 is 2.14 bits per heavy atom. The van der Waals surface area contributed by atoms with Crippen molar-refractivity contribution in [2.45, 2.75) is 32.3 Å². The minimum Gasteiger partial charge on any atom is -0.480 e. The maximum Gasteiger partial charge on any atom is 0.410 e. The Labute approximate surface area is 216 Å². The molecule has 2 aromatic rings. The number of ether oxygens (including phenoxy) is 3. The molecule has 0 bridgehead atoms. The van der Waals surface area contributed by atoms with Crippen LogP contribution >= 0.6 is 0 Å². The van der Waals surface area contributed by atoms with Crippen LogP contribution in [-0.4, -0.2) is 73.2 Å². The van der Waals surface area contributed by atoms with Gasteiger partial charge in [0.15, 0.2) is 0 Å². The van der Waals surface area contributed by atoms with Crippen molar-refractivity contribution in [3.05, 3.63) is 59.7 Å². The number of aliphatic carboxylic acids is 1. The van der Waals surface area contributed by atoms with Gasteiger partial charge < -0.3 is 29.5 Å². The zero-order valence-corrected chi connectivity index (χ0v) is 21.4. The van der Waals surface area contributed by atoms with Crippen LogP contribution in [0.15, 0.2) is 48.5 Å². The van der Waals surface area contributed by atoms with Gasteiger partial charge >= 0.3 is 18.2 Å². The molecule has 2 aromatic carbocycles. The van der Waals surface area contributed by atoms with E-state index < -0.39 is 30.4 Å². The maximum atomic E-state index is 12.6. The standard InChI is InChI=1S/C28H34N2O7/c1-28(2,3)37-27(34)30-13-18(19(14-30)15-35-17-25(31)32)12-29-26(33)36-16-24-22-10-6-4-8-20(22)21-9-5-7-11-23(21)24/h4-11,18-19,24H,12-17H2,1-3H3,(H,29,33)(H,31,32)/t18-,19+/m0/s1.